The van der Waals surface area contributed by atoms with E-state index in [1.54, 1.807) is 37.3 Å². The Morgan fingerprint density at radius 1 is 1.04 bits per heavy atom. The lowest BCUT2D eigenvalue weighted by Gasteiger charge is -2.09. The van der Waals surface area contributed by atoms with Crippen molar-refractivity contribution in [2.24, 2.45) is 0 Å². The first-order valence-electron chi connectivity index (χ1n) is 7.22. The van der Waals surface area contributed by atoms with Gasteiger partial charge in [0.15, 0.2) is 0 Å². The van der Waals surface area contributed by atoms with Crippen LogP contribution in [0.25, 0.3) is 11.0 Å². The Balaban J connectivity index is 1.70. The summed E-state index contributed by atoms with van der Waals surface area (Å²) in [5.74, 6) is 0. The van der Waals surface area contributed by atoms with Gasteiger partial charge in [0.2, 0.25) is 10.0 Å². The molecular weight excluding hydrogens is 314 g/mol. The number of sulfonamides is 1. The molecule has 3 N–H and O–H groups in total. The predicted octanol–water partition coefficient (Wildman–Crippen LogP) is 1.69. The smallest absolute Gasteiger partial charge is 0.306 e. The molecule has 120 valence electrons. The highest BCUT2D eigenvalue weighted by atomic mass is 32.2. The maximum Gasteiger partial charge on any atom is 0.323 e. The maximum absolute atomic E-state index is 12.3. The predicted molar refractivity (Wildman–Crippen MR) is 89.0 cm³/mol. The van der Waals surface area contributed by atoms with E-state index in [1.165, 1.54) is 0 Å². The zero-order chi connectivity index (χ0) is 16.4. The number of aryl methyl sites for hydroxylation is 1. The van der Waals surface area contributed by atoms with Gasteiger partial charge in [0.1, 0.15) is 0 Å². The molecule has 7 heteroatoms. The Kier molecular flexibility index (Phi) is 4.06. The Hall–Kier alpha value is -2.38. The first-order valence-corrected chi connectivity index (χ1v) is 8.70. The van der Waals surface area contributed by atoms with Crippen LogP contribution in [0.1, 0.15) is 11.1 Å². The Morgan fingerprint density at radius 2 is 1.78 bits per heavy atom. The van der Waals surface area contributed by atoms with Crippen molar-refractivity contribution in [2.45, 2.75) is 18.2 Å². The summed E-state index contributed by atoms with van der Waals surface area (Å²) < 4.78 is 27.2. The van der Waals surface area contributed by atoms with Crippen molar-refractivity contribution < 1.29 is 8.42 Å². The highest BCUT2D eigenvalue weighted by molar-refractivity contribution is 7.89. The van der Waals surface area contributed by atoms with E-state index in [1.807, 2.05) is 12.1 Å². The molecule has 6 nitrogen and oxygen atoms in total. The number of fused-ring (bicyclic) bond motifs is 1. The molecule has 0 spiro atoms. The Bertz CT molecular complexity index is 1000. The summed E-state index contributed by atoms with van der Waals surface area (Å²) in [6.45, 7) is 2.06. The second kappa shape index (κ2) is 6.02. The molecule has 0 aliphatic heterocycles. The minimum Gasteiger partial charge on any atom is -0.306 e. The normalized spacial score (nSPS) is 11.9. The van der Waals surface area contributed by atoms with Crippen LogP contribution in [0.5, 0.6) is 0 Å². The number of aromatic amines is 2. The molecule has 2 aromatic carbocycles. The van der Waals surface area contributed by atoms with Gasteiger partial charge in [-0.3, -0.25) is 0 Å². The molecule has 0 amide bonds. The van der Waals surface area contributed by atoms with Gasteiger partial charge >= 0.3 is 5.69 Å². The van der Waals surface area contributed by atoms with Crippen LogP contribution in [0, 0.1) is 6.92 Å². The van der Waals surface area contributed by atoms with Crippen molar-refractivity contribution in [1.82, 2.24) is 14.7 Å². The molecule has 0 saturated heterocycles. The molecule has 3 rings (SSSR count). The van der Waals surface area contributed by atoms with Crippen LogP contribution in [0.3, 0.4) is 0 Å². The summed E-state index contributed by atoms with van der Waals surface area (Å²) in [7, 11) is -3.51. The standard InChI is InChI=1S/C16H17N3O3S/c1-11-4-2-3-5-15(11)23(21,22)17-9-8-12-6-7-13-14(10-12)19-16(20)18-13/h2-7,10,17H,8-9H2,1H3,(H2,18,19,20). The summed E-state index contributed by atoms with van der Waals surface area (Å²) in [6.07, 6.45) is 0.536. The van der Waals surface area contributed by atoms with E-state index < -0.39 is 10.0 Å². The molecule has 0 aliphatic carbocycles. The van der Waals surface area contributed by atoms with Gasteiger partial charge in [-0.1, -0.05) is 24.3 Å². The van der Waals surface area contributed by atoms with E-state index in [2.05, 4.69) is 14.7 Å². The molecular formula is C16H17N3O3S. The molecule has 3 aromatic rings. The molecule has 0 atom stereocenters. The van der Waals surface area contributed by atoms with E-state index in [0.717, 1.165) is 11.1 Å². The average molecular weight is 331 g/mol. The molecule has 0 radical (unpaired) electrons. The van der Waals surface area contributed by atoms with Crippen LogP contribution in [0.4, 0.5) is 0 Å². The van der Waals surface area contributed by atoms with Crippen LogP contribution in [-0.2, 0) is 16.4 Å². The average Bonchev–Trinajstić information content (AvgIpc) is 2.86. The van der Waals surface area contributed by atoms with Crippen LogP contribution in [0.15, 0.2) is 52.2 Å². The highest BCUT2D eigenvalue weighted by Crippen LogP contribution is 2.14. The van der Waals surface area contributed by atoms with Crippen molar-refractivity contribution in [3.8, 4) is 0 Å². The number of benzene rings is 2. The minimum absolute atomic E-state index is 0.252. The fraction of sp³-hybridized carbons (Fsp3) is 0.188. The molecule has 0 unspecified atom stereocenters. The zero-order valence-electron chi connectivity index (χ0n) is 12.6. The van der Waals surface area contributed by atoms with Gasteiger partial charge < -0.3 is 9.97 Å². The Morgan fingerprint density at radius 3 is 2.57 bits per heavy atom. The molecule has 0 fully saturated rings. The number of rotatable bonds is 5. The quantitative estimate of drug-likeness (QED) is 0.664. The van der Waals surface area contributed by atoms with E-state index in [4.69, 9.17) is 0 Å². The number of hydrogen-bond donors (Lipinski definition) is 3. The summed E-state index contributed by atoms with van der Waals surface area (Å²) >= 11 is 0. The summed E-state index contributed by atoms with van der Waals surface area (Å²) in [4.78, 5) is 16.9. The fourth-order valence-electron chi connectivity index (χ4n) is 2.50. The molecule has 23 heavy (non-hydrogen) atoms. The summed E-state index contributed by atoms with van der Waals surface area (Å²) in [6, 6.07) is 12.4. The van der Waals surface area contributed by atoms with Gasteiger partial charge in [0.05, 0.1) is 15.9 Å². The third-order valence-corrected chi connectivity index (χ3v) is 5.29. The van der Waals surface area contributed by atoms with Crippen molar-refractivity contribution in [3.05, 3.63) is 64.1 Å². The third-order valence-electron chi connectivity index (χ3n) is 3.67. The molecule has 0 bridgehead atoms. The first-order chi connectivity index (χ1) is 11.0. The highest BCUT2D eigenvalue weighted by Gasteiger charge is 2.15. The van der Waals surface area contributed by atoms with Crippen molar-refractivity contribution in [1.29, 1.82) is 0 Å². The number of imidazole rings is 1. The van der Waals surface area contributed by atoms with Crippen LogP contribution in [0.2, 0.25) is 0 Å². The van der Waals surface area contributed by atoms with Gasteiger partial charge in [0, 0.05) is 6.54 Å². The van der Waals surface area contributed by atoms with Crippen LogP contribution in [-0.4, -0.2) is 24.9 Å². The summed E-state index contributed by atoms with van der Waals surface area (Å²) in [5.41, 5.74) is 2.86. The molecule has 1 aromatic heterocycles. The van der Waals surface area contributed by atoms with Crippen molar-refractivity contribution in [3.63, 3.8) is 0 Å². The van der Waals surface area contributed by atoms with Crippen LogP contribution < -0.4 is 10.4 Å². The van der Waals surface area contributed by atoms with Gasteiger partial charge in [-0.25, -0.2) is 17.9 Å². The van der Waals surface area contributed by atoms with E-state index in [0.29, 0.717) is 22.4 Å². The monoisotopic (exact) mass is 331 g/mol. The lowest BCUT2D eigenvalue weighted by molar-refractivity contribution is 0.581. The molecule has 0 saturated carbocycles. The lowest BCUT2D eigenvalue weighted by atomic mass is 10.1. The molecule has 0 aliphatic rings. The van der Waals surface area contributed by atoms with Crippen LogP contribution >= 0.6 is 0 Å². The van der Waals surface area contributed by atoms with Crippen molar-refractivity contribution in [2.75, 3.05) is 6.54 Å². The lowest BCUT2D eigenvalue weighted by Crippen LogP contribution is -2.26. The Labute approximate surface area is 133 Å². The first kappa shape index (κ1) is 15.5. The zero-order valence-corrected chi connectivity index (χ0v) is 13.4. The van der Waals surface area contributed by atoms with E-state index >= 15 is 0 Å². The third kappa shape index (κ3) is 3.35. The van der Waals surface area contributed by atoms with Gasteiger partial charge in [-0.15, -0.1) is 0 Å². The fourth-order valence-corrected chi connectivity index (χ4v) is 3.78. The topological polar surface area (TPSA) is 94.8 Å². The largest absolute Gasteiger partial charge is 0.323 e. The van der Waals surface area contributed by atoms with Gasteiger partial charge in [-0.2, -0.15) is 0 Å². The van der Waals surface area contributed by atoms with Crippen molar-refractivity contribution >= 4 is 21.1 Å². The van der Waals surface area contributed by atoms with Gasteiger partial charge in [0.25, 0.3) is 0 Å². The maximum atomic E-state index is 12.3. The van der Waals surface area contributed by atoms with E-state index in [-0.39, 0.29) is 12.2 Å². The number of hydrogen-bond acceptors (Lipinski definition) is 3. The second-order valence-corrected chi connectivity index (χ2v) is 7.11. The number of H-pyrrole nitrogens is 2. The number of aromatic nitrogens is 2. The second-order valence-electron chi connectivity index (χ2n) is 5.37. The number of nitrogens with one attached hydrogen (secondary N) is 3. The SMILES string of the molecule is Cc1ccccc1S(=O)(=O)NCCc1ccc2[nH]c(=O)[nH]c2c1. The van der Waals surface area contributed by atoms with Gasteiger partial charge in [-0.05, 0) is 42.7 Å². The summed E-state index contributed by atoms with van der Waals surface area (Å²) in [5, 5.41) is 0. The van der Waals surface area contributed by atoms with E-state index in [9.17, 15) is 13.2 Å². The molecule has 1 heterocycles. The minimum atomic E-state index is -3.51.